The SMILES string of the molecule is CCc1cc(N2CCC(C)CC2CN)nc(C)n1. The van der Waals surface area contributed by atoms with Crippen molar-refractivity contribution >= 4 is 5.82 Å². The largest absolute Gasteiger partial charge is 0.352 e. The minimum Gasteiger partial charge on any atom is -0.352 e. The van der Waals surface area contributed by atoms with Gasteiger partial charge in [0.05, 0.1) is 0 Å². The van der Waals surface area contributed by atoms with E-state index in [4.69, 9.17) is 5.73 Å². The van der Waals surface area contributed by atoms with Crippen molar-refractivity contribution < 1.29 is 0 Å². The number of aryl methyl sites for hydroxylation is 2. The zero-order chi connectivity index (χ0) is 13.1. The van der Waals surface area contributed by atoms with E-state index in [1.807, 2.05) is 6.92 Å². The molecule has 0 spiro atoms. The first kappa shape index (κ1) is 13.3. The molecule has 0 bridgehead atoms. The summed E-state index contributed by atoms with van der Waals surface area (Å²) in [5.74, 6) is 2.68. The highest BCUT2D eigenvalue weighted by atomic mass is 15.2. The van der Waals surface area contributed by atoms with Gasteiger partial charge in [-0.05, 0) is 32.1 Å². The summed E-state index contributed by atoms with van der Waals surface area (Å²) in [6.45, 7) is 8.16. The molecule has 1 aliphatic rings. The molecule has 0 saturated carbocycles. The summed E-state index contributed by atoms with van der Waals surface area (Å²) in [4.78, 5) is 11.4. The fourth-order valence-electron chi connectivity index (χ4n) is 2.72. The summed E-state index contributed by atoms with van der Waals surface area (Å²) in [7, 11) is 0. The van der Waals surface area contributed by atoms with Gasteiger partial charge in [-0.15, -0.1) is 0 Å². The molecule has 0 amide bonds. The number of piperidine rings is 1. The molecule has 100 valence electrons. The number of nitrogens with two attached hydrogens (primary N) is 1. The van der Waals surface area contributed by atoms with Crippen LogP contribution in [0.15, 0.2) is 6.07 Å². The van der Waals surface area contributed by atoms with Crippen LogP contribution in [0.1, 0.15) is 38.2 Å². The molecule has 1 fully saturated rings. The first-order valence-corrected chi connectivity index (χ1v) is 6.95. The lowest BCUT2D eigenvalue weighted by molar-refractivity contribution is 0.364. The van der Waals surface area contributed by atoms with E-state index in [1.54, 1.807) is 0 Å². The van der Waals surface area contributed by atoms with Crippen molar-refractivity contribution in [3.8, 4) is 0 Å². The van der Waals surface area contributed by atoms with Gasteiger partial charge in [0.1, 0.15) is 11.6 Å². The number of aromatic nitrogens is 2. The van der Waals surface area contributed by atoms with Gasteiger partial charge < -0.3 is 10.6 Å². The molecule has 2 atom stereocenters. The Morgan fingerprint density at radius 1 is 1.44 bits per heavy atom. The summed E-state index contributed by atoms with van der Waals surface area (Å²) in [5, 5.41) is 0. The standard InChI is InChI=1S/C14H24N4/c1-4-12-8-14(17-11(3)16-12)18-6-5-10(2)7-13(18)9-15/h8,10,13H,4-7,9,15H2,1-3H3. The third-order valence-electron chi connectivity index (χ3n) is 3.78. The maximum absolute atomic E-state index is 5.92. The van der Waals surface area contributed by atoms with E-state index in [9.17, 15) is 0 Å². The van der Waals surface area contributed by atoms with Crippen molar-refractivity contribution in [3.05, 3.63) is 17.6 Å². The van der Waals surface area contributed by atoms with Crippen LogP contribution in [0.5, 0.6) is 0 Å². The number of rotatable bonds is 3. The van der Waals surface area contributed by atoms with Crippen LogP contribution in [0.2, 0.25) is 0 Å². The first-order valence-electron chi connectivity index (χ1n) is 6.95. The summed E-state index contributed by atoms with van der Waals surface area (Å²) < 4.78 is 0. The fourth-order valence-corrected chi connectivity index (χ4v) is 2.72. The van der Waals surface area contributed by atoms with Crippen molar-refractivity contribution in [3.63, 3.8) is 0 Å². The molecule has 4 nitrogen and oxygen atoms in total. The lowest BCUT2D eigenvalue weighted by atomic mass is 9.92. The van der Waals surface area contributed by atoms with Gasteiger partial charge in [-0.3, -0.25) is 0 Å². The second-order valence-electron chi connectivity index (χ2n) is 5.33. The maximum atomic E-state index is 5.92. The third-order valence-corrected chi connectivity index (χ3v) is 3.78. The van der Waals surface area contributed by atoms with Crippen molar-refractivity contribution in [2.75, 3.05) is 18.0 Å². The van der Waals surface area contributed by atoms with Crippen LogP contribution in [0.4, 0.5) is 5.82 Å². The Balaban J connectivity index is 2.26. The highest BCUT2D eigenvalue weighted by molar-refractivity contribution is 5.42. The second kappa shape index (κ2) is 5.65. The van der Waals surface area contributed by atoms with Gasteiger partial charge in [-0.2, -0.15) is 0 Å². The van der Waals surface area contributed by atoms with Gasteiger partial charge in [0.25, 0.3) is 0 Å². The Kier molecular flexibility index (Phi) is 4.17. The molecular formula is C14H24N4. The predicted molar refractivity (Wildman–Crippen MR) is 74.7 cm³/mol. The van der Waals surface area contributed by atoms with Crippen molar-refractivity contribution in [2.45, 2.75) is 46.1 Å². The maximum Gasteiger partial charge on any atom is 0.132 e. The number of anilines is 1. The average molecular weight is 248 g/mol. The van der Waals surface area contributed by atoms with Gasteiger partial charge in [-0.25, -0.2) is 9.97 Å². The molecule has 0 radical (unpaired) electrons. The summed E-state index contributed by atoms with van der Waals surface area (Å²) in [6.07, 6.45) is 3.34. The quantitative estimate of drug-likeness (QED) is 0.888. The Bertz CT molecular complexity index is 405. The Labute approximate surface area is 110 Å². The van der Waals surface area contributed by atoms with Gasteiger partial charge in [0.2, 0.25) is 0 Å². The van der Waals surface area contributed by atoms with E-state index in [0.29, 0.717) is 12.6 Å². The monoisotopic (exact) mass is 248 g/mol. The molecule has 4 heteroatoms. The normalized spacial score (nSPS) is 24.3. The van der Waals surface area contributed by atoms with Gasteiger partial charge in [0, 0.05) is 30.9 Å². The van der Waals surface area contributed by atoms with Crippen LogP contribution in [-0.2, 0) is 6.42 Å². The number of hydrogen-bond acceptors (Lipinski definition) is 4. The average Bonchev–Trinajstić information content (AvgIpc) is 2.37. The van der Waals surface area contributed by atoms with E-state index < -0.39 is 0 Å². The summed E-state index contributed by atoms with van der Waals surface area (Å²) in [6, 6.07) is 2.54. The minimum absolute atomic E-state index is 0.424. The smallest absolute Gasteiger partial charge is 0.132 e. The molecule has 1 aromatic rings. The van der Waals surface area contributed by atoms with Crippen molar-refractivity contribution in [2.24, 2.45) is 11.7 Å². The molecule has 1 aliphatic heterocycles. The molecule has 2 heterocycles. The molecule has 2 unspecified atom stereocenters. The molecule has 1 saturated heterocycles. The molecule has 2 rings (SSSR count). The number of nitrogens with zero attached hydrogens (tertiary/aromatic N) is 3. The van der Waals surface area contributed by atoms with E-state index in [0.717, 1.165) is 36.2 Å². The van der Waals surface area contributed by atoms with E-state index >= 15 is 0 Å². The number of hydrogen-bond donors (Lipinski definition) is 1. The molecule has 2 N–H and O–H groups in total. The van der Waals surface area contributed by atoms with E-state index in [-0.39, 0.29) is 0 Å². The van der Waals surface area contributed by atoms with Crippen molar-refractivity contribution in [1.82, 2.24) is 9.97 Å². The molecule has 0 aromatic carbocycles. The van der Waals surface area contributed by atoms with Crippen molar-refractivity contribution in [1.29, 1.82) is 0 Å². The Hall–Kier alpha value is -1.16. The van der Waals surface area contributed by atoms with E-state index in [2.05, 4.69) is 34.8 Å². The molecule has 0 aliphatic carbocycles. The summed E-state index contributed by atoms with van der Waals surface area (Å²) in [5.41, 5.74) is 7.03. The van der Waals surface area contributed by atoms with Crippen LogP contribution in [0.25, 0.3) is 0 Å². The zero-order valence-corrected chi connectivity index (χ0v) is 11.7. The van der Waals surface area contributed by atoms with Crippen LogP contribution in [0.3, 0.4) is 0 Å². The lowest BCUT2D eigenvalue weighted by Gasteiger charge is -2.39. The van der Waals surface area contributed by atoms with Crippen LogP contribution >= 0.6 is 0 Å². The second-order valence-corrected chi connectivity index (χ2v) is 5.33. The first-order chi connectivity index (χ1) is 8.63. The topological polar surface area (TPSA) is 55.0 Å². The molecule has 1 aromatic heterocycles. The highest BCUT2D eigenvalue weighted by Gasteiger charge is 2.26. The predicted octanol–water partition coefficient (Wildman–Crippen LogP) is 1.91. The van der Waals surface area contributed by atoms with Gasteiger partial charge >= 0.3 is 0 Å². The van der Waals surface area contributed by atoms with Crippen LogP contribution < -0.4 is 10.6 Å². The zero-order valence-electron chi connectivity index (χ0n) is 11.7. The van der Waals surface area contributed by atoms with Crippen LogP contribution in [0, 0.1) is 12.8 Å². The summed E-state index contributed by atoms with van der Waals surface area (Å²) >= 11 is 0. The highest BCUT2D eigenvalue weighted by Crippen LogP contribution is 2.26. The Morgan fingerprint density at radius 3 is 2.89 bits per heavy atom. The molecular weight excluding hydrogens is 224 g/mol. The fraction of sp³-hybridized carbons (Fsp3) is 0.714. The Morgan fingerprint density at radius 2 is 2.22 bits per heavy atom. The molecule has 18 heavy (non-hydrogen) atoms. The third kappa shape index (κ3) is 2.80. The lowest BCUT2D eigenvalue weighted by Crippen LogP contribution is -2.46. The van der Waals surface area contributed by atoms with Gasteiger partial charge in [0.15, 0.2) is 0 Å². The van der Waals surface area contributed by atoms with Gasteiger partial charge in [-0.1, -0.05) is 13.8 Å². The van der Waals surface area contributed by atoms with Crippen LogP contribution in [-0.4, -0.2) is 29.1 Å². The minimum atomic E-state index is 0.424. The van der Waals surface area contributed by atoms with E-state index in [1.165, 1.54) is 12.8 Å².